The SMILES string of the molecule is CCC(CC)N(C)c1ncc(CNCC(C)C)cc1Cl. The molecule has 4 heteroatoms. The van der Waals surface area contributed by atoms with Gasteiger partial charge >= 0.3 is 0 Å². The molecule has 0 unspecified atom stereocenters. The topological polar surface area (TPSA) is 28.2 Å². The Morgan fingerprint density at radius 1 is 1.30 bits per heavy atom. The van der Waals surface area contributed by atoms with Crippen LogP contribution >= 0.6 is 11.6 Å². The number of aromatic nitrogens is 1. The predicted octanol–water partition coefficient (Wildman–Crippen LogP) is 4.11. The van der Waals surface area contributed by atoms with Crippen molar-refractivity contribution >= 4 is 17.4 Å². The average Bonchev–Trinajstić information content (AvgIpc) is 2.39. The van der Waals surface area contributed by atoms with E-state index in [0.717, 1.165) is 42.3 Å². The van der Waals surface area contributed by atoms with E-state index < -0.39 is 0 Å². The van der Waals surface area contributed by atoms with Gasteiger partial charge in [-0.25, -0.2) is 4.98 Å². The maximum absolute atomic E-state index is 6.39. The van der Waals surface area contributed by atoms with Gasteiger partial charge in [-0.1, -0.05) is 39.3 Å². The molecule has 1 aromatic heterocycles. The third kappa shape index (κ3) is 4.95. The maximum Gasteiger partial charge on any atom is 0.147 e. The van der Waals surface area contributed by atoms with Crippen molar-refractivity contribution in [2.45, 2.75) is 53.1 Å². The van der Waals surface area contributed by atoms with Gasteiger partial charge in [0, 0.05) is 25.8 Å². The van der Waals surface area contributed by atoms with Crippen LogP contribution in [0.5, 0.6) is 0 Å². The quantitative estimate of drug-likeness (QED) is 0.783. The van der Waals surface area contributed by atoms with Gasteiger partial charge in [0.25, 0.3) is 0 Å². The highest BCUT2D eigenvalue weighted by molar-refractivity contribution is 6.33. The molecule has 0 atom stereocenters. The number of halogens is 1. The smallest absolute Gasteiger partial charge is 0.147 e. The van der Waals surface area contributed by atoms with Gasteiger partial charge in [-0.15, -0.1) is 0 Å². The molecule has 1 aromatic rings. The van der Waals surface area contributed by atoms with Crippen LogP contribution in [-0.2, 0) is 6.54 Å². The number of hydrogen-bond donors (Lipinski definition) is 1. The molecule has 0 aromatic carbocycles. The van der Waals surface area contributed by atoms with Gasteiger partial charge < -0.3 is 10.2 Å². The minimum Gasteiger partial charge on any atom is -0.355 e. The van der Waals surface area contributed by atoms with E-state index in [-0.39, 0.29) is 0 Å². The van der Waals surface area contributed by atoms with Gasteiger partial charge in [0.05, 0.1) is 5.02 Å². The van der Waals surface area contributed by atoms with Crippen LogP contribution in [0.25, 0.3) is 0 Å². The number of pyridine rings is 1. The highest BCUT2D eigenvalue weighted by atomic mass is 35.5. The molecule has 0 saturated carbocycles. The van der Waals surface area contributed by atoms with Crippen LogP contribution in [0.4, 0.5) is 5.82 Å². The molecule has 0 fully saturated rings. The molecule has 0 aliphatic rings. The van der Waals surface area contributed by atoms with Gasteiger partial charge in [0.1, 0.15) is 5.82 Å². The van der Waals surface area contributed by atoms with Crippen LogP contribution in [0.15, 0.2) is 12.3 Å². The number of rotatable bonds is 8. The Kier molecular flexibility index (Phi) is 7.31. The van der Waals surface area contributed by atoms with E-state index in [2.05, 4.69) is 49.9 Å². The van der Waals surface area contributed by atoms with Gasteiger partial charge in [-0.05, 0) is 36.9 Å². The van der Waals surface area contributed by atoms with E-state index in [9.17, 15) is 0 Å². The Balaban J connectivity index is 2.72. The van der Waals surface area contributed by atoms with Crippen LogP contribution in [0.3, 0.4) is 0 Å². The predicted molar refractivity (Wildman–Crippen MR) is 88.6 cm³/mol. The zero-order chi connectivity index (χ0) is 15.1. The third-order valence-electron chi connectivity index (χ3n) is 3.58. The molecule has 1 heterocycles. The van der Waals surface area contributed by atoms with Crippen molar-refractivity contribution in [3.8, 4) is 0 Å². The summed E-state index contributed by atoms with van der Waals surface area (Å²) in [6.45, 7) is 10.6. The van der Waals surface area contributed by atoms with Crippen molar-refractivity contribution in [3.63, 3.8) is 0 Å². The van der Waals surface area contributed by atoms with E-state index in [4.69, 9.17) is 11.6 Å². The maximum atomic E-state index is 6.39. The minimum absolute atomic E-state index is 0.491. The fourth-order valence-electron chi connectivity index (χ4n) is 2.34. The molecule has 0 saturated heterocycles. The molecule has 0 spiro atoms. The normalized spacial score (nSPS) is 11.4. The lowest BCUT2D eigenvalue weighted by Gasteiger charge is -2.28. The molecular weight excluding hydrogens is 270 g/mol. The number of nitrogens with one attached hydrogen (secondary N) is 1. The van der Waals surface area contributed by atoms with Gasteiger partial charge in [-0.3, -0.25) is 0 Å². The largest absolute Gasteiger partial charge is 0.355 e. The average molecular weight is 298 g/mol. The van der Waals surface area contributed by atoms with Crippen LogP contribution < -0.4 is 10.2 Å². The Labute approximate surface area is 128 Å². The standard InChI is InChI=1S/C16H28ClN3/c1-6-14(7-2)20(5)16-15(17)8-13(11-19-16)10-18-9-12(3)4/h8,11-12,14,18H,6-7,9-10H2,1-5H3. The molecule has 0 radical (unpaired) electrons. The summed E-state index contributed by atoms with van der Waals surface area (Å²) in [6.07, 6.45) is 4.12. The summed E-state index contributed by atoms with van der Waals surface area (Å²) in [7, 11) is 2.07. The Bertz CT molecular complexity index is 403. The first-order valence-electron chi connectivity index (χ1n) is 7.57. The van der Waals surface area contributed by atoms with Crippen LogP contribution in [-0.4, -0.2) is 24.6 Å². The van der Waals surface area contributed by atoms with Crippen molar-refractivity contribution in [2.75, 3.05) is 18.5 Å². The highest BCUT2D eigenvalue weighted by Crippen LogP contribution is 2.26. The fraction of sp³-hybridized carbons (Fsp3) is 0.688. The lowest BCUT2D eigenvalue weighted by atomic mass is 10.1. The molecule has 0 aliphatic carbocycles. The Morgan fingerprint density at radius 2 is 1.95 bits per heavy atom. The van der Waals surface area contributed by atoms with Crippen molar-refractivity contribution in [1.29, 1.82) is 0 Å². The van der Waals surface area contributed by atoms with Crippen molar-refractivity contribution in [1.82, 2.24) is 10.3 Å². The van der Waals surface area contributed by atoms with Crippen molar-refractivity contribution in [3.05, 3.63) is 22.8 Å². The monoisotopic (exact) mass is 297 g/mol. The summed E-state index contributed by atoms with van der Waals surface area (Å²) in [5, 5.41) is 4.15. The van der Waals surface area contributed by atoms with E-state index in [1.54, 1.807) is 0 Å². The summed E-state index contributed by atoms with van der Waals surface area (Å²) in [5.74, 6) is 1.53. The molecule has 0 bridgehead atoms. The number of hydrogen-bond acceptors (Lipinski definition) is 3. The first kappa shape index (κ1) is 17.3. The van der Waals surface area contributed by atoms with Crippen LogP contribution in [0.2, 0.25) is 5.02 Å². The Morgan fingerprint density at radius 3 is 2.45 bits per heavy atom. The first-order chi connectivity index (χ1) is 9.49. The van der Waals surface area contributed by atoms with E-state index in [1.165, 1.54) is 0 Å². The molecule has 0 amide bonds. The molecule has 20 heavy (non-hydrogen) atoms. The molecule has 3 nitrogen and oxygen atoms in total. The van der Waals surface area contributed by atoms with Crippen molar-refractivity contribution in [2.24, 2.45) is 5.92 Å². The summed E-state index contributed by atoms with van der Waals surface area (Å²) < 4.78 is 0. The summed E-state index contributed by atoms with van der Waals surface area (Å²) in [6, 6.07) is 2.51. The summed E-state index contributed by atoms with van der Waals surface area (Å²) in [4.78, 5) is 6.73. The molecule has 114 valence electrons. The lowest BCUT2D eigenvalue weighted by Crippen LogP contribution is -2.31. The fourth-order valence-corrected chi connectivity index (χ4v) is 2.66. The highest BCUT2D eigenvalue weighted by Gasteiger charge is 2.15. The Hall–Kier alpha value is -0.800. The van der Waals surface area contributed by atoms with Gasteiger partial charge in [-0.2, -0.15) is 0 Å². The second-order valence-electron chi connectivity index (χ2n) is 5.75. The molecular formula is C16H28ClN3. The lowest BCUT2D eigenvalue weighted by molar-refractivity contribution is 0.551. The second kappa shape index (κ2) is 8.48. The van der Waals surface area contributed by atoms with Gasteiger partial charge in [0.2, 0.25) is 0 Å². The zero-order valence-electron chi connectivity index (χ0n) is 13.4. The number of nitrogens with zero attached hydrogens (tertiary/aromatic N) is 2. The summed E-state index contributed by atoms with van der Waals surface area (Å²) in [5.41, 5.74) is 1.14. The van der Waals surface area contributed by atoms with E-state index >= 15 is 0 Å². The molecule has 1 N–H and O–H groups in total. The number of anilines is 1. The van der Waals surface area contributed by atoms with E-state index in [0.29, 0.717) is 12.0 Å². The van der Waals surface area contributed by atoms with Crippen LogP contribution in [0.1, 0.15) is 46.1 Å². The first-order valence-corrected chi connectivity index (χ1v) is 7.95. The van der Waals surface area contributed by atoms with E-state index in [1.807, 2.05) is 12.3 Å². The van der Waals surface area contributed by atoms with Crippen molar-refractivity contribution < 1.29 is 0 Å². The molecule has 1 rings (SSSR count). The minimum atomic E-state index is 0.491. The van der Waals surface area contributed by atoms with Crippen LogP contribution in [0, 0.1) is 5.92 Å². The zero-order valence-corrected chi connectivity index (χ0v) is 14.2. The summed E-state index contributed by atoms with van der Waals surface area (Å²) >= 11 is 6.39. The molecule has 0 aliphatic heterocycles. The van der Waals surface area contributed by atoms with Gasteiger partial charge in [0.15, 0.2) is 0 Å². The second-order valence-corrected chi connectivity index (χ2v) is 6.16. The third-order valence-corrected chi connectivity index (χ3v) is 3.86.